The highest BCUT2D eigenvalue weighted by Crippen LogP contribution is 2.38. The zero-order chi connectivity index (χ0) is 16.4. The van der Waals surface area contributed by atoms with Gasteiger partial charge < -0.3 is 24.4 Å². The van der Waals surface area contributed by atoms with Gasteiger partial charge in [-0.05, 0) is 6.07 Å². The van der Waals surface area contributed by atoms with Crippen LogP contribution < -0.4 is 4.74 Å². The van der Waals surface area contributed by atoms with Crippen LogP contribution >= 0.6 is 11.6 Å². The summed E-state index contributed by atoms with van der Waals surface area (Å²) in [6.07, 6.45) is 1.36. The van der Waals surface area contributed by atoms with E-state index in [2.05, 4.69) is 14.7 Å². The Labute approximate surface area is 137 Å². The van der Waals surface area contributed by atoms with Crippen LogP contribution in [0, 0.1) is 0 Å². The molecular formula is C15H17ClN2O5. The molecule has 8 heteroatoms. The molecule has 0 saturated carbocycles. The normalized spacial score (nSPS) is 19.3. The summed E-state index contributed by atoms with van der Waals surface area (Å²) >= 11 is 6.14. The lowest BCUT2D eigenvalue weighted by molar-refractivity contribution is -0.183. The van der Waals surface area contributed by atoms with Crippen LogP contribution in [0.25, 0.3) is 11.0 Å². The molecule has 2 saturated heterocycles. The number of aliphatic hydroxyl groups is 2. The molecule has 0 bridgehead atoms. The molecule has 2 fully saturated rings. The predicted molar refractivity (Wildman–Crippen MR) is 82.6 cm³/mol. The first-order valence-corrected chi connectivity index (χ1v) is 7.47. The van der Waals surface area contributed by atoms with Gasteiger partial charge in [0.25, 0.3) is 0 Å². The number of nitrogens with zero attached hydrogens (tertiary/aromatic N) is 2. The Morgan fingerprint density at radius 1 is 1.30 bits per heavy atom. The van der Waals surface area contributed by atoms with Crippen LogP contribution in [-0.2, 0) is 15.1 Å². The number of methoxy groups -OCH3 is 1. The SMILES string of the molecule is COc1ccc2ncc(Cl)c(C3(O)COC3)c2n1.OC1COC1. The van der Waals surface area contributed by atoms with Gasteiger partial charge in [-0.25, -0.2) is 4.98 Å². The molecule has 0 atom stereocenters. The number of rotatable bonds is 2. The van der Waals surface area contributed by atoms with Gasteiger partial charge in [0.15, 0.2) is 0 Å². The topological polar surface area (TPSA) is 93.9 Å². The van der Waals surface area contributed by atoms with E-state index in [1.165, 1.54) is 13.3 Å². The highest BCUT2D eigenvalue weighted by molar-refractivity contribution is 6.32. The van der Waals surface area contributed by atoms with Gasteiger partial charge >= 0.3 is 0 Å². The maximum atomic E-state index is 10.4. The van der Waals surface area contributed by atoms with E-state index >= 15 is 0 Å². The van der Waals surface area contributed by atoms with Crippen molar-refractivity contribution in [2.45, 2.75) is 11.7 Å². The number of aromatic nitrogens is 2. The molecule has 4 heterocycles. The lowest BCUT2D eigenvalue weighted by atomic mass is 9.91. The number of hydrogen-bond acceptors (Lipinski definition) is 7. The van der Waals surface area contributed by atoms with Crippen molar-refractivity contribution < 1.29 is 24.4 Å². The zero-order valence-electron chi connectivity index (χ0n) is 12.5. The third-order valence-electron chi connectivity index (χ3n) is 3.62. The zero-order valence-corrected chi connectivity index (χ0v) is 13.3. The van der Waals surface area contributed by atoms with E-state index in [0.29, 0.717) is 40.7 Å². The van der Waals surface area contributed by atoms with Crippen molar-refractivity contribution in [1.82, 2.24) is 9.97 Å². The van der Waals surface area contributed by atoms with E-state index in [9.17, 15) is 5.11 Å². The first-order valence-electron chi connectivity index (χ1n) is 7.09. The van der Waals surface area contributed by atoms with E-state index in [1.54, 1.807) is 12.1 Å². The van der Waals surface area contributed by atoms with Crippen LogP contribution in [0.5, 0.6) is 5.88 Å². The summed E-state index contributed by atoms with van der Waals surface area (Å²) in [5, 5.41) is 19.1. The van der Waals surface area contributed by atoms with Crippen LogP contribution in [0.4, 0.5) is 0 Å². The smallest absolute Gasteiger partial charge is 0.213 e. The standard InChI is InChI=1S/C12H11ClN2O3.C3H6O2/c1-17-9-3-2-8-11(15-9)10(7(13)4-14-8)12(16)5-18-6-12;4-3-1-5-2-3/h2-4,16H,5-6H2,1H3;3-4H,1-2H2. The Kier molecular flexibility index (Phi) is 4.65. The van der Waals surface area contributed by atoms with E-state index in [-0.39, 0.29) is 19.3 Å². The Bertz CT molecular complexity index is 704. The number of ether oxygens (including phenoxy) is 3. The van der Waals surface area contributed by atoms with E-state index in [0.717, 1.165) is 0 Å². The monoisotopic (exact) mass is 340 g/mol. The summed E-state index contributed by atoms with van der Waals surface area (Å²) in [7, 11) is 1.53. The molecule has 0 unspecified atom stereocenters. The second-order valence-corrected chi connectivity index (χ2v) is 5.83. The van der Waals surface area contributed by atoms with Crippen LogP contribution in [0.1, 0.15) is 5.56 Å². The van der Waals surface area contributed by atoms with Crippen LogP contribution in [0.3, 0.4) is 0 Å². The van der Waals surface area contributed by atoms with E-state index in [4.69, 9.17) is 26.2 Å². The van der Waals surface area contributed by atoms with Crippen molar-refractivity contribution in [2.75, 3.05) is 33.5 Å². The van der Waals surface area contributed by atoms with Gasteiger partial charge in [0.05, 0.1) is 44.1 Å². The van der Waals surface area contributed by atoms with Crippen LogP contribution in [0.2, 0.25) is 5.02 Å². The summed E-state index contributed by atoms with van der Waals surface area (Å²) in [4.78, 5) is 8.50. The van der Waals surface area contributed by atoms with Crippen molar-refractivity contribution in [3.63, 3.8) is 0 Å². The quantitative estimate of drug-likeness (QED) is 0.838. The van der Waals surface area contributed by atoms with Gasteiger partial charge in [-0.15, -0.1) is 0 Å². The number of fused-ring (bicyclic) bond motifs is 1. The maximum Gasteiger partial charge on any atom is 0.213 e. The minimum absolute atomic E-state index is 0.157. The lowest BCUT2D eigenvalue weighted by Gasteiger charge is -2.37. The van der Waals surface area contributed by atoms with Gasteiger partial charge in [-0.1, -0.05) is 11.6 Å². The molecule has 0 aromatic carbocycles. The molecule has 0 radical (unpaired) electrons. The molecule has 2 aliphatic heterocycles. The third kappa shape index (κ3) is 3.24. The molecule has 2 aromatic rings. The fourth-order valence-electron chi connectivity index (χ4n) is 2.25. The Balaban J connectivity index is 0.000000267. The first kappa shape index (κ1) is 16.4. The average molecular weight is 341 g/mol. The number of aliphatic hydroxyl groups excluding tert-OH is 1. The minimum atomic E-state index is -1.09. The second-order valence-electron chi connectivity index (χ2n) is 5.42. The molecule has 0 spiro atoms. The van der Waals surface area contributed by atoms with Crippen molar-refractivity contribution in [2.24, 2.45) is 0 Å². The van der Waals surface area contributed by atoms with Gasteiger partial charge in [-0.2, -0.15) is 0 Å². The highest BCUT2D eigenvalue weighted by atomic mass is 35.5. The molecule has 0 aliphatic carbocycles. The Hall–Kier alpha value is -1.51. The molecule has 124 valence electrons. The lowest BCUT2D eigenvalue weighted by Crippen LogP contribution is -2.47. The van der Waals surface area contributed by atoms with Crippen molar-refractivity contribution in [3.8, 4) is 5.88 Å². The second kappa shape index (κ2) is 6.54. The highest BCUT2D eigenvalue weighted by Gasteiger charge is 2.41. The molecule has 2 aliphatic rings. The summed E-state index contributed by atoms with van der Waals surface area (Å²) < 4.78 is 14.7. The van der Waals surface area contributed by atoms with E-state index < -0.39 is 5.60 Å². The fourth-order valence-corrected chi connectivity index (χ4v) is 2.56. The van der Waals surface area contributed by atoms with Crippen molar-refractivity contribution in [3.05, 3.63) is 28.9 Å². The van der Waals surface area contributed by atoms with Gasteiger partial charge in [-0.3, -0.25) is 4.98 Å². The van der Waals surface area contributed by atoms with Crippen LogP contribution in [-0.4, -0.2) is 59.8 Å². The fraction of sp³-hybridized carbons (Fsp3) is 0.467. The Morgan fingerprint density at radius 3 is 2.48 bits per heavy atom. The van der Waals surface area contributed by atoms with Crippen LogP contribution in [0.15, 0.2) is 18.3 Å². The Morgan fingerprint density at radius 2 is 2.00 bits per heavy atom. The maximum absolute atomic E-state index is 10.4. The van der Waals surface area contributed by atoms with Gasteiger partial charge in [0, 0.05) is 17.8 Å². The summed E-state index contributed by atoms with van der Waals surface area (Å²) in [5.41, 5.74) is 0.681. The molecule has 2 N–H and O–H groups in total. The molecular weight excluding hydrogens is 324 g/mol. The molecule has 4 rings (SSSR count). The molecule has 2 aromatic heterocycles. The minimum Gasteiger partial charge on any atom is -0.481 e. The number of hydrogen-bond donors (Lipinski definition) is 2. The van der Waals surface area contributed by atoms with E-state index in [1.807, 2.05) is 0 Å². The summed E-state index contributed by atoms with van der Waals surface area (Å²) in [6, 6.07) is 3.50. The van der Waals surface area contributed by atoms with Gasteiger partial charge in [0.1, 0.15) is 17.2 Å². The van der Waals surface area contributed by atoms with Crippen molar-refractivity contribution in [1.29, 1.82) is 0 Å². The molecule has 0 amide bonds. The number of halogens is 1. The summed E-state index contributed by atoms with van der Waals surface area (Å²) in [6.45, 7) is 1.51. The largest absolute Gasteiger partial charge is 0.481 e. The molecule has 7 nitrogen and oxygen atoms in total. The molecule has 23 heavy (non-hydrogen) atoms. The number of pyridine rings is 2. The average Bonchev–Trinajstić information content (AvgIpc) is 2.50. The van der Waals surface area contributed by atoms with Gasteiger partial charge in [0.2, 0.25) is 5.88 Å². The van der Waals surface area contributed by atoms with Crippen molar-refractivity contribution >= 4 is 22.6 Å². The third-order valence-corrected chi connectivity index (χ3v) is 3.90. The predicted octanol–water partition coefficient (Wildman–Crippen LogP) is 0.887. The first-order chi connectivity index (χ1) is 11.0. The summed E-state index contributed by atoms with van der Waals surface area (Å²) in [5.74, 6) is 0.455.